The lowest BCUT2D eigenvalue weighted by Gasteiger charge is -2.23. The molecule has 0 saturated heterocycles. The molecule has 0 atom stereocenters. The monoisotopic (exact) mass is 684 g/mol. The fraction of sp³-hybridized carbons (Fsp3) is 0.0588. The molecule has 0 N–H and O–H groups in total. The van der Waals surface area contributed by atoms with E-state index in [4.69, 9.17) is 0 Å². The second-order valence-electron chi connectivity index (χ2n) is 9.95. The van der Waals surface area contributed by atoms with Gasteiger partial charge < -0.3 is 9.47 Å². The van der Waals surface area contributed by atoms with Gasteiger partial charge >= 0.3 is 12.7 Å². The van der Waals surface area contributed by atoms with Gasteiger partial charge in [-0.25, -0.2) is 8.78 Å². The summed E-state index contributed by atoms with van der Waals surface area (Å²) in [6.07, 6.45) is -10.5. The molecule has 0 spiro atoms. The minimum Gasteiger partial charge on any atom is -0.406 e. The van der Waals surface area contributed by atoms with Crippen molar-refractivity contribution in [3.63, 3.8) is 0 Å². The molecule has 0 unspecified atom stereocenters. The summed E-state index contributed by atoms with van der Waals surface area (Å²) in [5.74, 6) is -4.84. The molecule has 16 heteroatoms. The van der Waals surface area contributed by atoms with Crippen LogP contribution in [0.4, 0.5) is 35.1 Å². The van der Waals surface area contributed by atoms with E-state index in [9.17, 15) is 57.9 Å². The van der Waals surface area contributed by atoms with Crippen molar-refractivity contribution in [1.29, 1.82) is 31.6 Å². The van der Waals surface area contributed by atoms with Gasteiger partial charge in [-0.3, -0.25) is 0 Å². The summed E-state index contributed by atoms with van der Waals surface area (Å²) in [6, 6.07) is 16.2. The number of benzene rings is 3. The number of ether oxygens (including phenoxy) is 2. The second-order valence-corrected chi connectivity index (χ2v) is 9.95. The Morgan fingerprint density at radius 3 is 1.12 bits per heavy atom. The maximum atomic E-state index is 16.4. The highest BCUT2D eigenvalue weighted by Gasteiger charge is 2.44. The number of nitrogens with zero attached hydrogens (tertiary/aromatic N) is 6. The largest absolute Gasteiger partial charge is 0.573 e. The number of nitriles is 6. The third-order valence-electron chi connectivity index (χ3n) is 7.26. The van der Waals surface area contributed by atoms with E-state index in [0.29, 0.717) is 0 Å². The van der Waals surface area contributed by atoms with Gasteiger partial charge in [0.15, 0.2) is 11.7 Å². The zero-order valence-electron chi connectivity index (χ0n) is 24.1. The average molecular weight is 684 g/mol. The number of allylic oxidation sites excluding steroid dienone is 8. The molecule has 0 radical (unpaired) electrons. The molecule has 242 valence electrons. The number of rotatable bonds is 4. The topological polar surface area (TPSA) is 161 Å². The van der Waals surface area contributed by atoms with Crippen LogP contribution in [0.3, 0.4) is 0 Å². The molecular weight excluding hydrogens is 676 g/mol. The fourth-order valence-corrected chi connectivity index (χ4v) is 5.67. The predicted octanol–water partition coefficient (Wildman–Crippen LogP) is 8.85. The summed E-state index contributed by atoms with van der Waals surface area (Å²) >= 11 is 0. The molecule has 0 heterocycles. The minimum absolute atomic E-state index is 0.392. The van der Waals surface area contributed by atoms with Crippen molar-refractivity contribution in [2.75, 3.05) is 0 Å². The highest BCUT2D eigenvalue weighted by atomic mass is 19.4. The van der Waals surface area contributed by atoms with Crippen LogP contribution >= 0.6 is 0 Å². The van der Waals surface area contributed by atoms with Crippen molar-refractivity contribution < 1.29 is 44.6 Å². The normalized spacial score (nSPS) is 13.2. The van der Waals surface area contributed by atoms with Crippen LogP contribution in [0.1, 0.15) is 22.3 Å². The Hall–Kier alpha value is -7.40. The van der Waals surface area contributed by atoms with Gasteiger partial charge in [-0.15, -0.1) is 26.3 Å². The van der Waals surface area contributed by atoms with E-state index in [2.05, 4.69) is 9.47 Å². The first kappa shape index (κ1) is 33.9. The van der Waals surface area contributed by atoms with E-state index in [0.717, 1.165) is 48.5 Å². The maximum Gasteiger partial charge on any atom is 0.573 e. The molecule has 5 rings (SSSR count). The molecule has 2 aliphatic rings. The Kier molecular flexibility index (Phi) is 8.37. The molecule has 0 amide bonds. The summed E-state index contributed by atoms with van der Waals surface area (Å²) in [7, 11) is 0. The lowest BCUT2D eigenvalue weighted by molar-refractivity contribution is -0.275. The summed E-state index contributed by atoms with van der Waals surface area (Å²) in [5.41, 5.74) is -10.1. The highest BCUT2D eigenvalue weighted by molar-refractivity contribution is 6.20. The van der Waals surface area contributed by atoms with Crippen LogP contribution in [0.2, 0.25) is 0 Å². The molecule has 50 heavy (non-hydrogen) atoms. The molecule has 0 saturated carbocycles. The molecule has 0 bridgehead atoms. The van der Waals surface area contributed by atoms with Gasteiger partial charge in [0, 0.05) is 33.4 Å². The second kappa shape index (κ2) is 12.3. The Morgan fingerprint density at radius 2 is 0.840 bits per heavy atom. The van der Waals surface area contributed by atoms with E-state index in [1.54, 1.807) is 0 Å². The van der Waals surface area contributed by atoms with Crippen molar-refractivity contribution in [3.05, 3.63) is 93.6 Å². The predicted molar refractivity (Wildman–Crippen MR) is 154 cm³/mol. The van der Waals surface area contributed by atoms with E-state index >= 15 is 8.78 Å². The summed E-state index contributed by atoms with van der Waals surface area (Å²) < 4.78 is 120. The van der Waals surface area contributed by atoms with Crippen molar-refractivity contribution >= 4 is 22.3 Å². The van der Waals surface area contributed by atoms with E-state index < -0.39 is 114 Å². The van der Waals surface area contributed by atoms with Crippen molar-refractivity contribution in [3.8, 4) is 70.2 Å². The third kappa shape index (κ3) is 5.60. The zero-order valence-corrected chi connectivity index (χ0v) is 24.1. The molecular formula is C34H8F8N6O2. The van der Waals surface area contributed by atoms with Crippen LogP contribution < -0.4 is 9.47 Å². The van der Waals surface area contributed by atoms with Crippen LogP contribution in [0.25, 0.3) is 44.5 Å². The molecule has 3 aromatic carbocycles. The lowest BCUT2D eigenvalue weighted by atomic mass is 9.78. The lowest BCUT2D eigenvalue weighted by Crippen LogP contribution is -2.17. The Bertz CT molecular complexity index is 2240. The third-order valence-corrected chi connectivity index (χ3v) is 7.26. The first-order valence-corrected chi connectivity index (χ1v) is 13.3. The first-order valence-electron chi connectivity index (χ1n) is 13.3. The Morgan fingerprint density at radius 1 is 0.500 bits per heavy atom. The first-order chi connectivity index (χ1) is 23.6. The molecule has 3 aromatic rings. The quantitative estimate of drug-likeness (QED) is 0.194. The molecule has 8 nitrogen and oxygen atoms in total. The van der Waals surface area contributed by atoms with Crippen molar-refractivity contribution in [2.24, 2.45) is 0 Å². The zero-order chi connectivity index (χ0) is 36.7. The van der Waals surface area contributed by atoms with Crippen LogP contribution in [0.5, 0.6) is 11.5 Å². The van der Waals surface area contributed by atoms with Crippen LogP contribution in [0, 0.1) is 68.0 Å². The number of halogens is 8. The smallest absolute Gasteiger partial charge is 0.406 e. The highest BCUT2D eigenvalue weighted by Crippen LogP contribution is 2.60. The van der Waals surface area contributed by atoms with Gasteiger partial charge in [-0.05, 0) is 46.5 Å². The Balaban J connectivity index is 2.16. The minimum atomic E-state index is -5.24. The van der Waals surface area contributed by atoms with Gasteiger partial charge in [0.25, 0.3) is 0 Å². The fourth-order valence-electron chi connectivity index (χ4n) is 5.67. The summed E-state index contributed by atoms with van der Waals surface area (Å²) in [6.45, 7) is 0. The van der Waals surface area contributed by atoms with Crippen molar-refractivity contribution in [2.45, 2.75) is 12.7 Å². The van der Waals surface area contributed by atoms with Gasteiger partial charge in [-0.2, -0.15) is 31.6 Å². The molecule has 2 aliphatic carbocycles. The number of hydrogen-bond acceptors (Lipinski definition) is 8. The van der Waals surface area contributed by atoms with Crippen LogP contribution in [0.15, 0.2) is 71.3 Å². The van der Waals surface area contributed by atoms with Gasteiger partial charge in [0.1, 0.15) is 59.1 Å². The van der Waals surface area contributed by atoms with E-state index in [-0.39, 0.29) is 0 Å². The summed E-state index contributed by atoms with van der Waals surface area (Å²) in [4.78, 5) is 0. The Labute approximate surface area is 275 Å². The summed E-state index contributed by atoms with van der Waals surface area (Å²) in [5, 5.41) is 59.6. The van der Waals surface area contributed by atoms with Crippen LogP contribution in [-0.2, 0) is 0 Å². The molecule has 0 aliphatic heterocycles. The molecule has 0 fully saturated rings. The maximum absolute atomic E-state index is 16.4. The number of hydrogen-bond donors (Lipinski definition) is 0. The average Bonchev–Trinajstić information content (AvgIpc) is 3.49. The SMILES string of the molecule is N#CC(C#N)=C1C(F)=C(C#N)c2c1c(-c1cccc(OC(F)(F)F)c1)c1c(c2-c2cccc(OC(F)(F)F)c2)C(=C(C#N)C#N)C(F)=C1C#N. The standard InChI is InChI=1S/C34H8F8N6O2/c35-31-21(13-47)27-23(15-3-1-5-19(7-15)49-33(37,38)39)29-25(17(9-43)10-44)32(36)22(14-48)28(29)24(30(27)26(31)18(11-45)12-46)16-4-2-6-20(8-16)50-34(40,41)42/h1-8H. The van der Waals surface area contributed by atoms with Gasteiger partial charge in [0.05, 0.1) is 11.1 Å². The number of alkyl halides is 6. The molecule has 0 aromatic heterocycles. The van der Waals surface area contributed by atoms with E-state index in [1.807, 2.05) is 0 Å². The van der Waals surface area contributed by atoms with Gasteiger partial charge in [-0.1, -0.05) is 24.3 Å². The number of fused-ring (bicyclic) bond motifs is 2. The van der Waals surface area contributed by atoms with E-state index in [1.165, 1.54) is 36.4 Å². The van der Waals surface area contributed by atoms with Crippen LogP contribution in [-0.4, -0.2) is 12.7 Å². The van der Waals surface area contributed by atoms with Crippen molar-refractivity contribution in [1.82, 2.24) is 0 Å². The van der Waals surface area contributed by atoms with Gasteiger partial charge in [0.2, 0.25) is 0 Å².